The molecule has 1 aromatic rings. The third-order valence-corrected chi connectivity index (χ3v) is 4.98. The van der Waals surface area contributed by atoms with Gasteiger partial charge in [-0.05, 0) is 56.7 Å². The van der Waals surface area contributed by atoms with Crippen molar-refractivity contribution in [3.63, 3.8) is 0 Å². The molecule has 3 atom stereocenters. The second-order valence-electron chi connectivity index (χ2n) is 6.12. The summed E-state index contributed by atoms with van der Waals surface area (Å²) in [6.07, 6.45) is 8.95. The molecule has 104 valence electrons. The first kappa shape index (κ1) is 13.1. The lowest BCUT2D eigenvalue weighted by atomic mass is 9.89. The Hall–Kier alpha value is -0.930. The molecule has 2 fully saturated rings. The van der Waals surface area contributed by atoms with Crippen LogP contribution in [0.15, 0.2) is 18.3 Å². The van der Waals surface area contributed by atoms with E-state index in [-0.39, 0.29) is 0 Å². The molecule has 1 saturated heterocycles. The van der Waals surface area contributed by atoms with Gasteiger partial charge in [-0.1, -0.05) is 12.5 Å². The first-order chi connectivity index (χ1) is 9.29. The van der Waals surface area contributed by atoms with Gasteiger partial charge >= 0.3 is 0 Å². The summed E-state index contributed by atoms with van der Waals surface area (Å²) >= 11 is 0. The lowest BCUT2D eigenvalue weighted by molar-refractivity contribution is 0.0700. The smallest absolute Gasteiger partial charge is 0.0488 e. The summed E-state index contributed by atoms with van der Waals surface area (Å²) in [6.45, 7) is 3.94. The molecule has 19 heavy (non-hydrogen) atoms. The molecular weight excluding hydrogens is 234 g/mol. The third kappa shape index (κ3) is 2.54. The van der Waals surface area contributed by atoms with Crippen LogP contribution in [0.2, 0.25) is 0 Å². The number of aryl methyl sites for hydroxylation is 1. The number of piperidine rings is 1. The zero-order chi connectivity index (χ0) is 13.2. The Balaban J connectivity index is 1.82. The molecule has 3 unspecified atom stereocenters. The van der Waals surface area contributed by atoms with E-state index in [4.69, 9.17) is 5.73 Å². The molecule has 0 radical (unpaired) electrons. The molecule has 0 spiro atoms. The van der Waals surface area contributed by atoms with Gasteiger partial charge < -0.3 is 5.73 Å². The number of pyridine rings is 1. The van der Waals surface area contributed by atoms with Gasteiger partial charge in [-0.15, -0.1) is 0 Å². The van der Waals surface area contributed by atoms with Crippen LogP contribution < -0.4 is 5.73 Å². The SMILES string of the molecule is Cc1ccc(C(CN)N2CCCC3CCCC32)cn1. The Labute approximate surface area is 116 Å². The van der Waals surface area contributed by atoms with E-state index in [1.807, 2.05) is 13.1 Å². The van der Waals surface area contributed by atoms with Gasteiger partial charge in [0.2, 0.25) is 0 Å². The predicted octanol–water partition coefficient (Wildman–Crippen LogP) is 2.65. The molecule has 0 bridgehead atoms. The Bertz CT molecular complexity index is 415. The third-order valence-electron chi connectivity index (χ3n) is 4.98. The van der Waals surface area contributed by atoms with Crippen LogP contribution in [0.3, 0.4) is 0 Å². The molecular formula is C16H25N3. The monoisotopic (exact) mass is 259 g/mol. The van der Waals surface area contributed by atoms with Crippen molar-refractivity contribution in [1.82, 2.24) is 9.88 Å². The molecule has 2 aliphatic rings. The van der Waals surface area contributed by atoms with E-state index >= 15 is 0 Å². The zero-order valence-electron chi connectivity index (χ0n) is 11.9. The van der Waals surface area contributed by atoms with Gasteiger partial charge in [0, 0.05) is 30.5 Å². The van der Waals surface area contributed by atoms with Crippen LogP contribution in [0.25, 0.3) is 0 Å². The van der Waals surface area contributed by atoms with Crippen LogP contribution >= 0.6 is 0 Å². The average molecular weight is 259 g/mol. The summed E-state index contributed by atoms with van der Waals surface area (Å²) in [6, 6.07) is 5.44. The van der Waals surface area contributed by atoms with Crippen molar-refractivity contribution >= 4 is 0 Å². The Morgan fingerprint density at radius 2 is 2.16 bits per heavy atom. The topological polar surface area (TPSA) is 42.1 Å². The van der Waals surface area contributed by atoms with Crippen LogP contribution in [0, 0.1) is 12.8 Å². The van der Waals surface area contributed by atoms with Gasteiger partial charge in [0.05, 0.1) is 0 Å². The summed E-state index contributed by atoms with van der Waals surface area (Å²) in [7, 11) is 0. The first-order valence-corrected chi connectivity index (χ1v) is 7.68. The van der Waals surface area contributed by atoms with Gasteiger partial charge in [0.15, 0.2) is 0 Å². The van der Waals surface area contributed by atoms with Crippen molar-refractivity contribution in [1.29, 1.82) is 0 Å². The van der Waals surface area contributed by atoms with Crippen molar-refractivity contribution in [2.24, 2.45) is 11.7 Å². The van der Waals surface area contributed by atoms with Gasteiger partial charge in [-0.25, -0.2) is 0 Å². The van der Waals surface area contributed by atoms with E-state index in [9.17, 15) is 0 Å². The molecule has 3 nitrogen and oxygen atoms in total. The molecule has 0 amide bonds. The number of hydrogen-bond acceptors (Lipinski definition) is 3. The summed E-state index contributed by atoms with van der Waals surface area (Å²) in [5.41, 5.74) is 8.46. The van der Waals surface area contributed by atoms with E-state index in [2.05, 4.69) is 22.0 Å². The van der Waals surface area contributed by atoms with Crippen molar-refractivity contribution in [2.45, 2.75) is 51.1 Å². The van der Waals surface area contributed by atoms with E-state index < -0.39 is 0 Å². The molecule has 3 heteroatoms. The fourth-order valence-electron chi connectivity index (χ4n) is 4.02. The van der Waals surface area contributed by atoms with Crippen molar-refractivity contribution < 1.29 is 0 Å². The fourth-order valence-corrected chi connectivity index (χ4v) is 4.02. The predicted molar refractivity (Wildman–Crippen MR) is 77.8 cm³/mol. The molecule has 1 aromatic heterocycles. The molecule has 2 heterocycles. The first-order valence-electron chi connectivity index (χ1n) is 7.68. The molecule has 3 rings (SSSR count). The molecule has 1 aliphatic heterocycles. The van der Waals surface area contributed by atoms with Crippen LogP contribution in [0.1, 0.15) is 49.4 Å². The summed E-state index contributed by atoms with van der Waals surface area (Å²) in [4.78, 5) is 7.12. The second kappa shape index (κ2) is 5.59. The normalized spacial score (nSPS) is 29.2. The highest BCUT2D eigenvalue weighted by Crippen LogP contribution is 2.40. The number of hydrogen-bond donors (Lipinski definition) is 1. The lowest BCUT2D eigenvalue weighted by Crippen LogP contribution is -2.46. The van der Waals surface area contributed by atoms with Crippen molar-refractivity contribution in [3.05, 3.63) is 29.6 Å². The maximum Gasteiger partial charge on any atom is 0.0488 e. The number of rotatable bonds is 3. The van der Waals surface area contributed by atoms with Gasteiger partial charge in [-0.2, -0.15) is 0 Å². The van der Waals surface area contributed by atoms with Gasteiger partial charge in [0.25, 0.3) is 0 Å². The minimum Gasteiger partial charge on any atom is -0.329 e. The van der Waals surface area contributed by atoms with Crippen LogP contribution in [0.5, 0.6) is 0 Å². The van der Waals surface area contributed by atoms with E-state index in [0.717, 1.165) is 17.7 Å². The minimum absolute atomic E-state index is 0.360. The highest BCUT2D eigenvalue weighted by molar-refractivity contribution is 5.18. The molecule has 1 saturated carbocycles. The van der Waals surface area contributed by atoms with Crippen LogP contribution in [0.4, 0.5) is 0 Å². The second-order valence-corrected chi connectivity index (χ2v) is 6.12. The number of nitrogens with two attached hydrogens (primary N) is 1. The summed E-state index contributed by atoms with van der Waals surface area (Å²) in [5.74, 6) is 0.918. The summed E-state index contributed by atoms with van der Waals surface area (Å²) < 4.78 is 0. The zero-order valence-corrected chi connectivity index (χ0v) is 11.9. The van der Waals surface area contributed by atoms with Crippen molar-refractivity contribution in [2.75, 3.05) is 13.1 Å². The molecule has 0 aromatic carbocycles. The Morgan fingerprint density at radius 3 is 2.89 bits per heavy atom. The molecule has 2 N–H and O–H groups in total. The summed E-state index contributed by atoms with van der Waals surface area (Å²) in [5, 5.41) is 0. The lowest BCUT2D eigenvalue weighted by Gasteiger charge is -2.42. The fraction of sp³-hybridized carbons (Fsp3) is 0.688. The number of aromatic nitrogens is 1. The standard InChI is InChI=1S/C16H25N3/c1-12-7-8-14(11-18-12)16(10-17)19-9-3-5-13-4-2-6-15(13)19/h7-8,11,13,15-16H,2-6,9-10,17H2,1H3. The minimum atomic E-state index is 0.360. The Morgan fingerprint density at radius 1 is 1.32 bits per heavy atom. The highest BCUT2D eigenvalue weighted by atomic mass is 15.2. The van der Waals surface area contributed by atoms with E-state index in [1.165, 1.54) is 44.2 Å². The number of nitrogens with zero attached hydrogens (tertiary/aromatic N) is 2. The highest BCUT2D eigenvalue weighted by Gasteiger charge is 2.38. The van der Waals surface area contributed by atoms with Crippen molar-refractivity contribution in [3.8, 4) is 0 Å². The maximum atomic E-state index is 6.09. The molecule has 1 aliphatic carbocycles. The largest absolute Gasteiger partial charge is 0.329 e. The van der Waals surface area contributed by atoms with Crippen LogP contribution in [-0.4, -0.2) is 29.0 Å². The van der Waals surface area contributed by atoms with E-state index in [1.54, 1.807) is 0 Å². The van der Waals surface area contributed by atoms with Crippen LogP contribution in [-0.2, 0) is 0 Å². The van der Waals surface area contributed by atoms with Gasteiger partial charge in [0.1, 0.15) is 0 Å². The number of fused-ring (bicyclic) bond motifs is 1. The average Bonchev–Trinajstić information content (AvgIpc) is 2.91. The van der Waals surface area contributed by atoms with Gasteiger partial charge in [-0.3, -0.25) is 9.88 Å². The quantitative estimate of drug-likeness (QED) is 0.907. The maximum absolute atomic E-state index is 6.09. The number of likely N-dealkylation sites (tertiary alicyclic amines) is 1. The Kier molecular flexibility index (Phi) is 3.85. The van der Waals surface area contributed by atoms with E-state index in [0.29, 0.717) is 12.6 Å².